The van der Waals surface area contributed by atoms with E-state index >= 15 is 0 Å². The Morgan fingerprint density at radius 1 is 1.24 bits per heavy atom. The molecule has 0 aliphatic rings. The van der Waals surface area contributed by atoms with Crippen LogP contribution in [0.4, 0.5) is 0 Å². The van der Waals surface area contributed by atoms with Crippen LogP contribution in [0.5, 0.6) is 11.5 Å². The van der Waals surface area contributed by atoms with Gasteiger partial charge in [0.15, 0.2) is 17.3 Å². The van der Waals surface area contributed by atoms with Crippen molar-refractivity contribution in [2.45, 2.75) is 39.5 Å². The summed E-state index contributed by atoms with van der Waals surface area (Å²) < 4.78 is 12.9. The molecule has 0 aliphatic carbocycles. The first-order valence-corrected chi connectivity index (χ1v) is 6.90. The van der Waals surface area contributed by atoms with Crippen molar-refractivity contribution in [3.8, 4) is 11.5 Å². The van der Waals surface area contributed by atoms with Crippen LogP contribution in [0.25, 0.3) is 0 Å². The molecule has 0 amide bonds. The Balaban J connectivity index is 2.14. The standard InChI is InChI=1S/C15H21N3O3/c1-10(2)18-15(16-9-17-18)8-21-13-6-5-12(11(3)19)7-14(13)20-4/h5-7,9-11,19H,8H2,1-4H3/t11-/m0/s1. The molecule has 0 aliphatic heterocycles. The lowest BCUT2D eigenvalue weighted by Gasteiger charge is -2.14. The van der Waals surface area contributed by atoms with Crippen molar-refractivity contribution < 1.29 is 14.6 Å². The Bertz CT molecular complexity index is 594. The van der Waals surface area contributed by atoms with Crippen LogP contribution in [0.15, 0.2) is 24.5 Å². The van der Waals surface area contributed by atoms with Crippen LogP contribution < -0.4 is 9.47 Å². The number of rotatable bonds is 6. The average molecular weight is 291 g/mol. The molecule has 6 nitrogen and oxygen atoms in total. The van der Waals surface area contributed by atoms with E-state index in [2.05, 4.69) is 10.1 Å². The van der Waals surface area contributed by atoms with Gasteiger partial charge in [0, 0.05) is 6.04 Å². The first-order chi connectivity index (χ1) is 10.0. The Morgan fingerprint density at radius 3 is 2.62 bits per heavy atom. The molecule has 21 heavy (non-hydrogen) atoms. The van der Waals surface area contributed by atoms with Crippen molar-refractivity contribution in [2.75, 3.05) is 7.11 Å². The first kappa shape index (κ1) is 15.3. The van der Waals surface area contributed by atoms with Crippen LogP contribution in [0.2, 0.25) is 0 Å². The Hall–Kier alpha value is -2.08. The number of benzene rings is 1. The van der Waals surface area contributed by atoms with E-state index in [0.29, 0.717) is 18.1 Å². The Labute approximate surface area is 124 Å². The summed E-state index contributed by atoms with van der Waals surface area (Å²) >= 11 is 0. The zero-order valence-corrected chi connectivity index (χ0v) is 12.8. The van der Waals surface area contributed by atoms with E-state index in [4.69, 9.17) is 9.47 Å². The fraction of sp³-hybridized carbons (Fsp3) is 0.467. The largest absolute Gasteiger partial charge is 0.493 e. The van der Waals surface area contributed by atoms with E-state index in [-0.39, 0.29) is 6.04 Å². The molecule has 1 heterocycles. The molecule has 1 atom stereocenters. The first-order valence-electron chi connectivity index (χ1n) is 6.90. The van der Waals surface area contributed by atoms with Crippen LogP contribution >= 0.6 is 0 Å². The molecule has 2 aromatic rings. The number of aliphatic hydroxyl groups is 1. The molecule has 114 valence electrons. The maximum Gasteiger partial charge on any atom is 0.165 e. The molecule has 0 bridgehead atoms. The van der Waals surface area contributed by atoms with Gasteiger partial charge < -0.3 is 14.6 Å². The van der Waals surface area contributed by atoms with Crippen molar-refractivity contribution in [1.82, 2.24) is 14.8 Å². The average Bonchev–Trinajstić information content (AvgIpc) is 2.93. The van der Waals surface area contributed by atoms with Crippen molar-refractivity contribution in [3.05, 3.63) is 35.9 Å². The van der Waals surface area contributed by atoms with E-state index in [1.54, 1.807) is 26.2 Å². The number of nitrogens with zero attached hydrogens (tertiary/aromatic N) is 3. The molecule has 1 N–H and O–H groups in total. The Morgan fingerprint density at radius 2 is 2.00 bits per heavy atom. The number of hydrogen-bond acceptors (Lipinski definition) is 5. The number of ether oxygens (including phenoxy) is 2. The van der Waals surface area contributed by atoms with E-state index in [0.717, 1.165) is 11.4 Å². The van der Waals surface area contributed by atoms with Gasteiger partial charge in [0.2, 0.25) is 0 Å². The zero-order valence-electron chi connectivity index (χ0n) is 12.8. The third-order valence-corrected chi connectivity index (χ3v) is 3.16. The SMILES string of the molecule is COc1cc([C@H](C)O)ccc1OCc1ncnn1C(C)C. The quantitative estimate of drug-likeness (QED) is 0.885. The molecule has 1 aromatic heterocycles. The second kappa shape index (κ2) is 6.58. The zero-order chi connectivity index (χ0) is 15.4. The topological polar surface area (TPSA) is 69.4 Å². The lowest BCUT2D eigenvalue weighted by Crippen LogP contribution is -2.11. The molecule has 0 saturated heterocycles. The molecule has 2 rings (SSSR count). The lowest BCUT2D eigenvalue weighted by molar-refractivity contribution is 0.198. The van der Waals surface area contributed by atoms with Gasteiger partial charge in [-0.15, -0.1) is 0 Å². The van der Waals surface area contributed by atoms with Gasteiger partial charge in [-0.2, -0.15) is 5.10 Å². The molecule has 0 fully saturated rings. The minimum Gasteiger partial charge on any atom is -0.493 e. The highest BCUT2D eigenvalue weighted by Crippen LogP contribution is 2.30. The lowest BCUT2D eigenvalue weighted by atomic mass is 10.1. The molecular formula is C15H21N3O3. The second-order valence-corrected chi connectivity index (χ2v) is 5.09. The highest BCUT2D eigenvalue weighted by Gasteiger charge is 2.12. The van der Waals surface area contributed by atoms with Crippen LogP contribution in [-0.4, -0.2) is 27.0 Å². The number of aliphatic hydroxyl groups excluding tert-OH is 1. The van der Waals surface area contributed by atoms with E-state index < -0.39 is 6.10 Å². The van der Waals surface area contributed by atoms with Gasteiger partial charge >= 0.3 is 0 Å². The van der Waals surface area contributed by atoms with Gasteiger partial charge in [0.1, 0.15) is 12.9 Å². The number of hydrogen-bond donors (Lipinski definition) is 1. The molecule has 0 spiro atoms. The molecule has 0 saturated carbocycles. The molecule has 0 radical (unpaired) electrons. The van der Waals surface area contributed by atoms with E-state index in [9.17, 15) is 5.11 Å². The van der Waals surface area contributed by atoms with Crippen LogP contribution in [-0.2, 0) is 6.61 Å². The fourth-order valence-electron chi connectivity index (χ4n) is 2.01. The number of methoxy groups -OCH3 is 1. The molecule has 6 heteroatoms. The predicted octanol–water partition coefficient (Wildman–Crippen LogP) is 2.50. The van der Waals surface area contributed by atoms with Crippen molar-refractivity contribution in [1.29, 1.82) is 0 Å². The smallest absolute Gasteiger partial charge is 0.165 e. The summed E-state index contributed by atoms with van der Waals surface area (Å²) in [6.45, 7) is 6.09. The monoisotopic (exact) mass is 291 g/mol. The van der Waals surface area contributed by atoms with Gasteiger partial charge in [0.05, 0.1) is 13.2 Å². The van der Waals surface area contributed by atoms with Gasteiger partial charge in [-0.1, -0.05) is 6.07 Å². The highest BCUT2D eigenvalue weighted by molar-refractivity contribution is 5.43. The summed E-state index contributed by atoms with van der Waals surface area (Å²) in [5.41, 5.74) is 0.782. The maximum atomic E-state index is 9.59. The number of aromatic nitrogens is 3. The molecule has 0 unspecified atom stereocenters. The minimum absolute atomic E-state index is 0.227. The van der Waals surface area contributed by atoms with E-state index in [1.807, 2.05) is 24.6 Å². The summed E-state index contributed by atoms with van der Waals surface area (Å²) in [5, 5.41) is 13.8. The summed E-state index contributed by atoms with van der Waals surface area (Å²) in [5.74, 6) is 1.95. The maximum absolute atomic E-state index is 9.59. The van der Waals surface area contributed by atoms with Crippen molar-refractivity contribution in [2.24, 2.45) is 0 Å². The normalized spacial score (nSPS) is 12.5. The highest BCUT2D eigenvalue weighted by atomic mass is 16.5. The van der Waals surface area contributed by atoms with Gasteiger partial charge in [-0.3, -0.25) is 0 Å². The molecular weight excluding hydrogens is 270 g/mol. The predicted molar refractivity (Wildman–Crippen MR) is 78.4 cm³/mol. The third-order valence-electron chi connectivity index (χ3n) is 3.16. The Kier molecular flexibility index (Phi) is 4.80. The van der Waals surface area contributed by atoms with Gasteiger partial charge in [-0.05, 0) is 38.5 Å². The summed E-state index contributed by atoms with van der Waals surface area (Å²) in [6, 6.07) is 5.60. The van der Waals surface area contributed by atoms with E-state index in [1.165, 1.54) is 6.33 Å². The molecule has 1 aromatic carbocycles. The van der Waals surface area contributed by atoms with Crippen LogP contribution in [0, 0.1) is 0 Å². The van der Waals surface area contributed by atoms with Crippen molar-refractivity contribution in [3.63, 3.8) is 0 Å². The summed E-state index contributed by atoms with van der Waals surface area (Å²) in [4.78, 5) is 4.20. The second-order valence-electron chi connectivity index (χ2n) is 5.09. The van der Waals surface area contributed by atoms with Crippen LogP contribution in [0.1, 0.15) is 44.3 Å². The minimum atomic E-state index is -0.544. The third kappa shape index (κ3) is 3.52. The van der Waals surface area contributed by atoms with Gasteiger partial charge in [0.25, 0.3) is 0 Å². The van der Waals surface area contributed by atoms with Gasteiger partial charge in [-0.25, -0.2) is 9.67 Å². The van der Waals surface area contributed by atoms with Crippen molar-refractivity contribution >= 4 is 0 Å². The fourth-order valence-corrected chi connectivity index (χ4v) is 2.01. The van der Waals surface area contributed by atoms with Crippen LogP contribution in [0.3, 0.4) is 0 Å². The summed E-state index contributed by atoms with van der Waals surface area (Å²) in [6.07, 6.45) is 0.976. The summed E-state index contributed by atoms with van der Waals surface area (Å²) in [7, 11) is 1.57.